The minimum atomic E-state index is -0.797. The number of fused-ring (bicyclic) bond motifs is 1. The zero-order valence-corrected chi connectivity index (χ0v) is 16.4. The van der Waals surface area contributed by atoms with E-state index in [0.29, 0.717) is 18.7 Å². The minimum absolute atomic E-state index is 0.0629. The third kappa shape index (κ3) is 4.25. The molecule has 150 valence electrons. The highest BCUT2D eigenvalue weighted by atomic mass is 16.5. The molecule has 2 aromatic rings. The first-order valence-corrected chi connectivity index (χ1v) is 9.80. The van der Waals surface area contributed by atoms with Crippen molar-refractivity contribution < 1.29 is 19.4 Å². The number of carboxylic acids is 1. The molecule has 1 fully saturated rings. The number of anilines is 1. The predicted octanol–water partition coefficient (Wildman–Crippen LogP) is 2.79. The highest BCUT2D eigenvalue weighted by Crippen LogP contribution is 2.33. The van der Waals surface area contributed by atoms with Gasteiger partial charge in [0, 0.05) is 30.7 Å². The number of likely N-dealkylation sites (N-methyl/N-ethyl adjacent to an activating group) is 1. The van der Waals surface area contributed by atoms with E-state index in [-0.39, 0.29) is 18.6 Å². The second kappa shape index (κ2) is 9.01. The third-order valence-electron chi connectivity index (χ3n) is 5.28. The first-order chi connectivity index (χ1) is 13.5. The van der Waals surface area contributed by atoms with E-state index in [1.807, 2.05) is 36.1 Å². The number of hydrogen-bond donors (Lipinski definition) is 1. The van der Waals surface area contributed by atoms with Crippen molar-refractivity contribution in [2.45, 2.75) is 32.7 Å². The van der Waals surface area contributed by atoms with Gasteiger partial charge in [0.1, 0.15) is 5.56 Å². The highest BCUT2D eigenvalue weighted by molar-refractivity contribution is 6.05. The minimum Gasteiger partial charge on any atom is -0.480 e. The van der Waals surface area contributed by atoms with Gasteiger partial charge in [0.05, 0.1) is 24.4 Å². The van der Waals surface area contributed by atoms with Crippen LogP contribution in [0.4, 0.5) is 5.69 Å². The van der Waals surface area contributed by atoms with Gasteiger partial charge in [-0.25, -0.2) is 4.79 Å². The van der Waals surface area contributed by atoms with E-state index < -0.39 is 5.97 Å². The van der Waals surface area contributed by atoms with Crippen molar-refractivity contribution in [2.24, 2.45) is 0 Å². The van der Waals surface area contributed by atoms with Crippen molar-refractivity contribution in [2.75, 3.05) is 37.7 Å². The average Bonchev–Trinajstić information content (AvgIpc) is 2.71. The zero-order valence-electron chi connectivity index (χ0n) is 16.4. The van der Waals surface area contributed by atoms with Crippen LogP contribution in [0.5, 0.6) is 0 Å². The Bertz CT molecular complexity index is 847. The normalized spacial score (nSPS) is 15.2. The summed E-state index contributed by atoms with van der Waals surface area (Å²) >= 11 is 0. The lowest BCUT2D eigenvalue weighted by atomic mass is 10.00. The molecule has 0 atom stereocenters. The summed E-state index contributed by atoms with van der Waals surface area (Å²) in [4.78, 5) is 32.3. The molecule has 1 aromatic heterocycles. The van der Waals surface area contributed by atoms with E-state index in [0.717, 1.165) is 42.5 Å². The van der Waals surface area contributed by atoms with Crippen LogP contribution in [0.3, 0.4) is 0 Å². The zero-order chi connectivity index (χ0) is 20.1. The largest absolute Gasteiger partial charge is 0.480 e. The van der Waals surface area contributed by atoms with Crippen LogP contribution in [0.1, 0.15) is 37.0 Å². The van der Waals surface area contributed by atoms with Gasteiger partial charge in [-0.3, -0.25) is 14.7 Å². The second-order valence-electron chi connectivity index (χ2n) is 6.93. The van der Waals surface area contributed by atoms with E-state index in [1.54, 1.807) is 13.1 Å². The number of benzene rings is 1. The fourth-order valence-corrected chi connectivity index (χ4v) is 3.95. The monoisotopic (exact) mass is 385 g/mol. The van der Waals surface area contributed by atoms with Crippen LogP contribution in [-0.4, -0.2) is 65.8 Å². The van der Waals surface area contributed by atoms with Gasteiger partial charge in [-0.05, 0) is 32.4 Å². The van der Waals surface area contributed by atoms with Crippen molar-refractivity contribution in [1.82, 2.24) is 9.88 Å². The van der Waals surface area contributed by atoms with Crippen LogP contribution < -0.4 is 4.90 Å². The number of piperidine rings is 1. The molecule has 0 bridgehead atoms. The number of carbonyl (C=O) groups is 2. The second-order valence-corrected chi connectivity index (χ2v) is 6.93. The van der Waals surface area contributed by atoms with E-state index in [9.17, 15) is 9.59 Å². The smallest absolute Gasteiger partial charge is 0.341 e. The van der Waals surface area contributed by atoms with Gasteiger partial charge in [-0.2, -0.15) is 0 Å². The van der Waals surface area contributed by atoms with E-state index >= 15 is 0 Å². The number of esters is 1. The Morgan fingerprint density at radius 3 is 2.61 bits per heavy atom. The predicted molar refractivity (Wildman–Crippen MR) is 108 cm³/mol. The van der Waals surface area contributed by atoms with Crippen molar-refractivity contribution in [1.29, 1.82) is 0 Å². The summed E-state index contributed by atoms with van der Waals surface area (Å²) in [6.45, 7) is 6.37. The average molecular weight is 385 g/mol. The molecule has 0 amide bonds. The molecular formula is C21H27N3O4. The van der Waals surface area contributed by atoms with Crippen LogP contribution in [0.15, 0.2) is 30.5 Å². The van der Waals surface area contributed by atoms with Crippen LogP contribution >= 0.6 is 0 Å². The van der Waals surface area contributed by atoms with Crippen molar-refractivity contribution in [3.05, 3.63) is 36.0 Å². The molecule has 1 aromatic carbocycles. The summed E-state index contributed by atoms with van der Waals surface area (Å²) in [7, 11) is 0. The summed E-state index contributed by atoms with van der Waals surface area (Å²) in [6.07, 6.45) is 3.30. The molecule has 3 rings (SSSR count). The lowest BCUT2D eigenvalue weighted by Crippen LogP contribution is -2.47. The Balaban J connectivity index is 1.88. The van der Waals surface area contributed by atoms with Gasteiger partial charge in [0.2, 0.25) is 0 Å². The van der Waals surface area contributed by atoms with Gasteiger partial charge < -0.3 is 14.7 Å². The number of aromatic nitrogens is 1. The van der Waals surface area contributed by atoms with Crippen LogP contribution in [0, 0.1) is 0 Å². The lowest BCUT2D eigenvalue weighted by Gasteiger charge is -2.39. The number of ether oxygens (including phenoxy) is 1. The van der Waals surface area contributed by atoms with E-state index in [2.05, 4.69) is 9.88 Å². The van der Waals surface area contributed by atoms with Crippen LogP contribution in [0.2, 0.25) is 0 Å². The number of para-hydroxylation sites is 1. The molecule has 1 aliphatic heterocycles. The lowest BCUT2D eigenvalue weighted by molar-refractivity contribution is -0.139. The van der Waals surface area contributed by atoms with Gasteiger partial charge >= 0.3 is 11.9 Å². The number of aliphatic carboxylic acids is 1. The molecule has 2 heterocycles. The summed E-state index contributed by atoms with van der Waals surface area (Å²) < 4.78 is 5.25. The van der Waals surface area contributed by atoms with E-state index in [1.165, 1.54) is 0 Å². The summed E-state index contributed by atoms with van der Waals surface area (Å²) in [5.41, 5.74) is 2.19. The number of nitrogens with zero attached hydrogens (tertiary/aromatic N) is 3. The van der Waals surface area contributed by atoms with Gasteiger partial charge in [-0.1, -0.05) is 25.1 Å². The molecule has 0 saturated carbocycles. The molecule has 7 heteroatoms. The standard InChI is InChI=1S/C21H27N3O4/c1-3-23(14-19(25)26)15-9-11-24(12-10-15)20-16-7-5-6-8-18(16)22-13-17(20)21(27)28-4-2/h5-8,13,15H,3-4,9-12,14H2,1-2H3,(H,25,26). The molecular weight excluding hydrogens is 358 g/mol. The number of hydrogen-bond acceptors (Lipinski definition) is 6. The van der Waals surface area contributed by atoms with Crippen molar-refractivity contribution in [3.8, 4) is 0 Å². The maximum Gasteiger partial charge on any atom is 0.341 e. The third-order valence-corrected chi connectivity index (χ3v) is 5.28. The maximum absolute atomic E-state index is 12.5. The summed E-state index contributed by atoms with van der Waals surface area (Å²) in [5, 5.41) is 10.1. The SMILES string of the molecule is CCOC(=O)c1cnc2ccccc2c1N1CCC(N(CC)CC(=O)O)CC1. The van der Waals surface area contributed by atoms with Gasteiger partial charge in [-0.15, -0.1) is 0 Å². The van der Waals surface area contributed by atoms with Crippen molar-refractivity contribution in [3.63, 3.8) is 0 Å². The Morgan fingerprint density at radius 1 is 1.25 bits per heavy atom. The quantitative estimate of drug-likeness (QED) is 0.734. The molecule has 1 N–H and O–H groups in total. The Morgan fingerprint density at radius 2 is 1.96 bits per heavy atom. The summed E-state index contributed by atoms with van der Waals surface area (Å²) in [5.74, 6) is -1.16. The summed E-state index contributed by atoms with van der Waals surface area (Å²) in [6, 6.07) is 8.03. The first-order valence-electron chi connectivity index (χ1n) is 9.80. The van der Waals surface area contributed by atoms with Crippen LogP contribution in [0.25, 0.3) is 10.9 Å². The van der Waals surface area contributed by atoms with Crippen molar-refractivity contribution >= 4 is 28.5 Å². The Labute approximate surface area is 164 Å². The molecule has 7 nitrogen and oxygen atoms in total. The fourth-order valence-electron chi connectivity index (χ4n) is 3.95. The molecule has 0 aliphatic carbocycles. The maximum atomic E-state index is 12.5. The highest BCUT2D eigenvalue weighted by Gasteiger charge is 2.28. The number of rotatable bonds is 7. The van der Waals surface area contributed by atoms with Gasteiger partial charge in [0.25, 0.3) is 0 Å². The Hall–Kier alpha value is -2.67. The Kier molecular flexibility index (Phi) is 6.46. The number of carboxylic acid groups (broad SMARTS) is 1. The van der Waals surface area contributed by atoms with Crippen LogP contribution in [-0.2, 0) is 9.53 Å². The molecule has 1 aliphatic rings. The number of carbonyl (C=O) groups excluding carboxylic acids is 1. The molecule has 0 spiro atoms. The topological polar surface area (TPSA) is 83.0 Å². The fraction of sp³-hybridized carbons (Fsp3) is 0.476. The molecule has 1 saturated heterocycles. The van der Waals surface area contributed by atoms with Gasteiger partial charge in [0.15, 0.2) is 0 Å². The molecule has 0 unspecified atom stereocenters. The molecule has 0 radical (unpaired) electrons. The van der Waals surface area contributed by atoms with E-state index in [4.69, 9.17) is 9.84 Å². The molecule has 28 heavy (non-hydrogen) atoms. The first kappa shape index (κ1) is 20.1. The number of pyridine rings is 1.